The Kier molecular flexibility index (Phi) is 6.43. The van der Waals surface area contributed by atoms with E-state index in [9.17, 15) is 0 Å². The van der Waals surface area contributed by atoms with Crippen molar-refractivity contribution in [1.29, 1.82) is 0 Å². The number of benzene rings is 2. The van der Waals surface area contributed by atoms with Gasteiger partial charge in [0.1, 0.15) is 11.6 Å². The van der Waals surface area contributed by atoms with Gasteiger partial charge in [0.25, 0.3) is 0 Å². The van der Waals surface area contributed by atoms with Crippen LogP contribution in [0.25, 0.3) is 16.8 Å². The zero-order valence-electron chi connectivity index (χ0n) is 20.5. The number of methoxy groups -OCH3 is 1. The monoisotopic (exact) mass is 490 g/mol. The molecule has 0 radical (unpaired) electrons. The fourth-order valence-electron chi connectivity index (χ4n) is 5.06. The SMILES string of the molecule is COc1ccc(-c2c(C)nn3c(N(Cc4ccccc4)CC4CC4)c4c(nc23)COC4)c(C)c1.Cl. The van der Waals surface area contributed by atoms with Crippen molar-refractivity contribution >= 4 is 23.9 Å². The number of aryl methyl sites for hydroxylation is 2. The highest BCUT2D eigenvalue weighted by Crippen LogP contribution is 2.39. The van der Waals surface area contributed by atoms with Gasteiger partial charge < -0.3 is 14.4 Å². The molecule has 0 N–H and O–H groups in total. The molecule has 6 nitrogen and oxygen atoms in total. The Labute approximate surface area is 212 Å². The Morgan fingerprint density at radius 1 is 1.09 bits per heavy atom. The molecule has 1 saturated carbocycles. The molecule has 35 heavy (non-hydrogen) atoms. The van der Waals surface area contributed by atoms with Crippen LogP contribution < -0.4 is 9.64 Å². The molecule has 2 aliphatic rings. The predicted octanol–water partition coefficient (Wildman–Crippen LogP) is 5.89. The summed E-state index contributed by atoms with van der Waals surface area (Å²) in [5.41, 5.74) is 8.77. The average molecular weight is 491 g/mol. The van der Waals surface area contributed by atoms with E-state index < -0.39 is 0 Å². The summed E-state index contributed by atoms with van der Waals surface area (Å²) in [6, 6.07) is 16.9. The van der Waals surface area contributed by atoms with Crippen molar-refractivity contribution in [2.24, 2.45) is 5.92 Å². The van der Waals surface area contributed by atoms with Crippen molar-refractivity contribution in [3.05, 3.63) is 76.6 Å². The Hall–Kier alpha value is -3.09. The molecule has 1 fully saturated rings. The number of ether oxygens (including phenoxy) is 2. The molecule has 6 rings (SSSR count). The molecule has 3 heterocycles. The third-order valence-electron chi connectivity index (χ3n) is 6.98. The number of aromatic nitrogens is 3. The summed E-state index contributed by atoms with van der Waals surface area (Å²) in [4.78, 5) is 7.61. The molecule has 2 aromatic heterocycles. The number of anilines is 1. The predicted molar refractivity (Wildman–Crippen MR) is 140 cm³/mol. The number of hydrogen-bond acceptors (Lipinski definition) is 5. The Morgan fingerprint density at radius 3 is 2.60 bits per heavy atom. The van der Waals surface area contributed by atoms with Crippen LogP contribution in [0.4, 0.5) is 5.82 Å². The van der Waals surface area contributed by atoms with E-state index in [2.05, 4.69) is 65.7 Å². The first-order valence-corrected chi connectivity index (χ1v) is 12.0. The van der Waals surface area contributed by atoms with E-state index in [4.69, 9.17) is 19.6 Å². The molecule has 1 aliphatic heterocycles. The summed E-state index contributed by atoms with van der Waals surface area (Å²) in [5.74, 6) is 2.73. The number of nitrogens with zero attached hydrogens (tertiary/aromatic N) is 4. The minimum atomic E-state index is 0. The molecule has 2 aromatic carbocycles. The second kappa shape index (κ2) is 9.51. The van der Waals surface area contributed by atoms with E-state index in [-0.39, 0.29) is 12.4 Å². The van der Waals surface area contributed by atoms with Gasteiger partial charge in [0, 0.05) is 24.2 Å². The highest BCUT2D eigenvalue weighted by molar-refractivity contribution is 5.85. The van der Waals surface area contributed by atoms with Crippen LogP contribution in [0, 0.1) is 19.8 Å². The van der Waals surface area contributed by atoms with Gasteiger partial charge in [-0.1, -0.05) is 36.4 Å². The third-order valence-corrected chi connectivity index (χ3v) is 6.98. The highest BCUT2D eigenvalue weighted by atomic mass is 35.5. The van der Waals surface area contributed by atoms with Crippen LogP contribution in [0.15, 0.2) is 48.5 Å². The molecule has 0 amide bonds. The summed E-state index contributed by atoms with van der Waals surface area (Å²) in [5, 5.41) is 5.07. The van der Waals surface area contributed by atoms with Crippen LogP contribution in [0.3, 0.4) is 0 Å². The van der Waals surface area contributed by atoms with Gasteiger partial charge in [-0.25, -0.2) is 4.98 Å². The molecule has 0 bridgehead atoms. The van der Waals surface area contributed by atoms with Crippen LogP contribution in [0.1, 0.15) is 40.9 Å². The Bertz CT molecular complexity index is 1360. The van der Waals surface area contributed by atoms with Crippen LogP contribution in [-0.2, 0) is 24.5 Å². The van der Waals surface area contributed by atoms with Crippen LogP contribution >= 0.6 is 12.4 Å². The van der Waals surface area contributed by atoms with Gasteiger partial charge in [-0.05, 0) is 61.4 Å². The van der Waals surface area contributed by atoms with E-state index in [1.165, 1.54) is 24.0 Å². The average Bonchev–Trinajstić information content (AvgIpc) is 3.43. The number of halogens is 1. The van der Waals surface area contributed by atoms with Gasteiger partial charge in [0.05, 0.1) is 31.7 Å². The first-order chi connectivity index (χ1) is 16.6. The molecular formula is C28H31ClN4O2. The highest BCUT2D eigenvalue weighted by Gasteiger charge is 2.31. The number of fused-ring (bicyclic) bond motifs is 2. The van der Waals surface area contributed by atoms with Crippen molar-refractivity contribution in [1.82, 2.24) is 14.6 Å². The van der Waals surface area contributed by atoms with Crippen molar-refractivity contribution < 1.29 is 9.47 Å². The molecule has 1 aliphatic carbocycles. The lowest BCUT2D eigenvalue weighted by Crippen LogP contribution is -2.29. The molecule has 0 spiro atoms. The smallest absolute Gasteiger partial charge is 0.165 e. The minimum absolute atomic E-state index is 0. The van der Waals surface area contributed by atoms with E-state index >= 15 is 0 Å². The van der Waals surface area contributed by atoms with Gasteiger partial charge in [-0.15, -0.1) is 12.4 Å². The first-order valence-electron chi connectivity index (χ1n) is 12.0. The lowest BCUT2D eigenvalue weighted by molar-refractivity contribution is 0.133. The second-order valence-electron chi connectivity index (χ2n) is 9.54. The number of hydrogen-bond donors (Lipinski definition) is 0. The van der Waals surface area contributed by atoms with Crippen molar-refractivity contribution in [3.63, 3.8) is 0 Å². The zero-order chi connectivity index (χ0) is 23.2. The van der Waals surface area contributed by atoms with Gasteiger partial charge in [0.15, 0.2) is 5.65 Å². The summed E-state index contributed by atoms with van der Waals surface area (Å²) in [6.07, 6.45) is 2.60. The molecule has 0 atom stereocenters. The molecular weight excluding hydrogens is 460 g/mol. The third kappa shape index (κ3) is 4.37. The van der Waals surface area contributed by atoms with Gasteiger partial charge in [0.2, 0.25) is 0 Å². The summed E-state index contributed by atoms with van der Waals surface area (Å²) >= 11 is 0. The molecule has 0 unspecified atom stereocenters. The molecule has 7 heteroatoms. The topological polar surface area (TPSA) is 51.9 Å². The van der Waals surface area contributed by atoms with Gasteiger partial charge in [-0.2, -0.15) is 9.61 Å². The second-order valence-corrected chi connectivity index (χ2v) is 9.54. The number of rotatable bonds is 7. The maximum absolute atomic E-state index is 5.90. The largest absolute Gasteiger partial charge is 0.497 e. The Balaban J connectivity index is 0.00000253. The minimum Gasteiger partial charge on any atom is -0.497 e. The van der Waals surface area contributed by atoms with Crippen LogP contribution in [0.5, 0.6) is 5.75 Å². The zero-order valence-corrected chi connectivity index (χ0v) is 21.3. The maximum atomic E-state index is 5.90. The van der Waals surface area contributed by atoms with E-state index in [1.54, 1.807) is 7.11 Å². The van der Waals surface area contributed by atoms with Gasteiger partial charge >= 0.3 is 0 Å². The van der Waals surface area contributed by atoms with Crippen LogP contribution in [-0.4, -0.2) is 28.3 Å². The molecule has 182 valence electrons. The lowest BCUT2D eigenvalue weighted by atomic mass is 10.0. The maximum Gasteiger partial charge on any atom is 0.165 e. The summed E-state index contributed by atoms with van der Waals surface area (Å²) < 4.78 is 13.4. The van der Waals surface area contributed by atoms with E-state index in [1.807, 2.05) is 6.07 Å². The van der Waals surface area contributed by atoms with Crippen molar-refractivity contribution in [2.75, 3.05) is 18.6 Å². The van der Waals surface area contributed by atoms with E-state index in [0.717, 1.165) is 64.3 Å². The van der Waals surface area contributed by atoms with Crippen molar-refractivity contribution in [3.8, 4) is 16.9 Å². The van der Waals surface area contributed by atoms with Crippen molar-refractivity contribution in [2.45, 2.75) is 46.4 Å². The normalized spacial score (nSPS) is 14.6. The molecule has 4 aromatic rings. The fourth-order valence-corrected chi connectivity index (χ4v) is 5.06. The molecule has 0 saturated heterocycles. The van der Waals surface area contributed by atoms with E-state index in [0.29, 0.717) is 13.2 Å². The lowest BCUT2D eigenvalue weighted by Gasteiger charge is -2.27. The van der Waals surface area contributed by atoms with Crippen LogP contribution in [0.2, 0.25) is 0 Å². The quantitative estimate of drug-likeness (QED) is 0.323. The fraction of sp³-hybridized carbons (Fsp3) is 0.357. The first kappa shape index (κ1) is 23.6. The summed E-state index contributed by atoms with van der Waals surface area (Å²) in [6.45, 7) is 7.20. The Morgan fingerprint density at radius 2 is 1.89 bits per heavy atom. The standard InChI is InChI=1S/C28H30N4O2.ClH/c1-18-13-22(33-3)11-12-23(18)26-19(2)30-32-27(26)29-25-17-34-16-24(25)28(32)31(15-21-9-10-21)14-20-7-5-4-6-8-20;/h4-8,11-13,21H,9-10,14-17H2,1-3H3;1H. The summed E-state index contributed by atoms with van der Waals surface area (Å²) in [7, 11) is 1.70. The van der Waals surface area contributed by atoms with Gasteiger partial charge in [-0.3, -0.25) is 0 Å².